The Hall–Kier alpha value is -0.160. The predicted octanol–water partition coefficient (Wildman–Crippen LogP) is 0.977. The molecule has 0 aromatic carbocycles. The molecule has 0 saturated carbocycles. The highest BCUT2D eigenvalue weighted by Gasteiger charge is 2.23. The van der Waals surface area contributed by atoms with Gasteiger partial charge in [-0.3, -0.25) is 11.3 Å². The molecule has 1 aliphatic rings. The zero-order valence-corrected chi connectivity index (χ0v) is 10.7. The molecule has 1 atom stereocenters. The molecule has 4 heteroatoms. The second-order valence-corrected chi connectivity index (χ2v) is 4.54. The van der Waals surface area contributed by atoms with Crippen LogP contribution in [-0.4, -0.2) is 43.8 Å². The maximum absolute atomic E-state index is 5.66. The highest BCUT2D eigenvalue weighted by molar-refractivity contribution is 4.77. The van der Waals surface area contributed by atoms with Gasteiger partial charge in [0.05, 0.1) is 0 Å². The summed E-state index contributed by atoms with van der Waals surface area (Å²) in [5.74, 6) is 6.35. The van der Waals surface area contributed by atoms with E-state index in [1.54, 1.807) is 0 Å². The maximum atomic E-state index is 5.66. The third-order valence-corrected chi connectivity index (χ3v) is 3.70. The second-order valence-electron chi connectivity index (χ2n) is 4.54. The van der Waals surface area contributed by atoms with Gasteiger partial charge in [-0.1, -0.05) is 13.8 Å². The van der Waals surface area contributed by atoms with Gasteiger partial charge in [0.25, 0.3) is 0 Å². The fourth-order valence-electron chi connectivity index (χ4n) is 2.43. The molecule has 0 radical (unpaired) electrons. The van der Waals surface area contributed by atoms with Crippen molar-refractivity contribution in [3.8, 4) is 0 Å². The van der Waals surface area contributed by atoms with Crippen LogP contribution in [0.3, 0.4) is 0 Å². The summed E-state index contributed by atoms with van der Waals surface area (Å²) >= 11 is 0. The van der Waals surface area contributed by atoms with E-state index in [2.05, 4.69) is 24.2 Å². The Morgan fingerprint density at radius 2 is 1.94 bits per heavy atom. The summed E-state index contributed by atoms with van der Waals surface area (Å²) in [6, 6.07) is 0.449. The first kappa shape index (κ1) is 13.9. The molecule has 0 aromatic heterocycles. The Bertz CT molecular complexity index is 168. The standard InChI is InChI=1S/C12H27N3O/c1-3-15(4-2)8-5-12(14-13)11-6-9-16-10-7-11/h11-12,14H,3-10,13H2,1-2H3. The van der Waals surface area contributed by atoms with Gasteiger partial charge in [-0.05, 0) is 44.8 Å². The normalized spacial score (nSPS) is 20.2. The monoisotopic (exact) mass is 229 g/mol. The average molecular weight is 229 g/mol. The van der Waals surface area contributed by atoms with Crippen molar-refractivity contribution in [3.05, 3.63) is 0 Å². The number of rotatable bonds is 7. The van der Waals surface area contributed by atoms with Gasteiger partial charge in [0.15, 0.2) is 0 Å². The van der Waals surface area contributed by atoms with Crippen molar-refractivity contribution in [1.82, 2.24) is 10.3 Å². The molecule has 0 amide bonds. The van der Waals surface area contributed by atoms with E-state index in [0.717, 1.165) is 52.1 Å². The van der Waals surface area contributed by atoms with Gasteiger partial charge in [0.1, 0.15) is 0 Å². The molecule has 4 nitrogen and oxygen atoms in total. The van der Waals surface area contributed by atoms with E-state index in [-0.39, 0.29) is 0 Å². The number of nitrogens with two attached hydrogens (primary N) is 1. The summed E-state index contributed by atoms with van der Waals surface area (Å²) in [5, 5.41) is 0. The zero-order chi connectivity index (χ0) is 11.8. The number of nitrogens with zero attached hydrogens (tertiary/aromatic N) is 1. The largest absolute Gasteiger partial charge is 0.381 e. The Balaban J connectivity index is 2.29. The van der Waals surface area contributed by atoms with Crippen molar-refractivity contribution in [2.24, 2.45) is 11.8 Å². The molecule has 96 valence electrons. The Kier molecular flexibility index (Phi) is 6.96. The quantitative estimate of drug-likeness (QED) is 0.505. The summed E-state index contributed by atoms with van der Waals surface area (Å²) in [7, 11) is 0. The number of hydrogen-bond acceptors (Lipinski definition) is 4. The third kappa shape index (κ3) is 4.37. The van der Waals surface area contributed by atoms with Gasteiger partial charge in [-0.2, -0.15) is 0 Å². The van der Waals surface area contributed by atoms with Crippen molar-refractivity contribution >= 4 is 0 Å². The molecule has 1 rings (SSSR count). The zero-order valence-electron chi connectivity index (χ0n) is 10.7. The van der Waals surface area contributed by atoms with Crippen molar-refractivity contribution in [2.75, 3.05) is 32.8 Å². The first-order chi connectivity index (χ1) is 7.81. The lowest BCUT2D eigenvalue weighted by atomic mass is 9.90. The topological polar surface area (TPSA) is 50.5 Å². The van der Waals surface area contributed by atoms with Crippen molar-refractivity contribution in [1.29, 1.82) is 0 Å². The molecule has 1 heterocycles. The van der Waals surface area contributed by atoms with Gasteiger partial charge in [-0.25, -0.2) is 0 Å². The number of ether oxygens (including phenoxy) is 1. The van der Waals surface area contributed by atoms with Gasteiger partial charge in [-0.15, -0.1) is 0 Å². The fraction of sp³-hybridized carbons (Fsp3) is 1.00. The molecular weight excluding hydrogens is 202 g/mol. The Morgan fingerprint density at radius 1 is 1.31 bits per heavy atom. The molecule has 1 aliphatic heterocycles. The minimum absolute atomic E-state index is 0.449. The van der Waals surface area contributed by atoms with Gasteiger partial charge in [0, 0.05) is 19.3 Å². The van der Waals surface area contributed by atoms with E-state index in [4.69, 9.17) is 10.6 Å². The van der Waals surface area contributed by atoms with E-state index >= 15 is 0 Å². The van der Waals surface area contributed by atoms with Gasteiger partial charge >= 0.3 is 0 Å². The number of hydrazine groups is 1. The number of nitrogens with one attached hydrogen (secondary N) is 1. The fourth-order valence-corrected chi connectivity index (χ4v) is 2.43. The van der Waals surface area contributed by atoms with Crippen LogP contribution >= 0.6 is 0 Å². The average Bonchev–Trinajstić information content (AvgIpc) is 2.36. The lowest BCUT2D eigenvalue weighted by Crippen LogP contribution is -2.44. The molecule has 0 spiro atoms. The predicted molar refractivity (Wildman–Crippen MR) is 67.1 cm³/mol. The maximum Gasteiger partial charge on any atom is 0.0469 e. The lowest BCUT2D eigenvalue weighted by Gasteiger charge is -2.31. The smallest absolute Gasteiger partial charge is 0.0469 e. The van der Waals surface area contributed by atoms with Crippen molar-refractivity contribution in [3.63, 3.8) is 0 Å². The van der Waals surface area contributed by atoms with E-state index in [9.17, 15) is 0 Å². The van der Waals surface area contributed by atoms with Crippen LogP contribution in [0.4, 0.5) is 0 Å². The highest BCUT2D eigenvalue weighted by Crippen LogP contribution is 2.20. The minimum atomic E-state index is 0.449. The van der Waals surface area contributed by atoms with E-state index in [1.165, 1.54) is 0 Å². The molecular formula is C12H27N3O. The van der Waals surface area contributed by atoms with Gasteiger partial charge < -0.3 is 9.64 Å². The van der Waals surface area contributed by atoms with Crippen LogP contribution in [0.15, 0.2) is 0 Å². The van der Waals surface area contributed by atoms with Crippen LogP contribution in [0.5, 0.6) is 0 Å². The van der Waals surface area contributed by atoms with Crippen LogP contribution in [0.2, 0.25) is 0 Å². The molecule has 16 heavy (non-hydrogen) atoms. The van der Waals surface area contributed by atoms with Crippen LogP contribution < -0.4 is 11.3 Å². The minimum Gasteiger partial charge on any atom is -0.381 e. The summed E-state index contributed by atoms with van der Waals surface area (Å²) < 4.78 is 5.38. The first-order valence-electron chi connectivity index (χ1n) is 6.58. The van der Waals surface area contributed by atoms with Crippen LogP contribution in [0.25, 0.3) is 0 Å². The SMILES string of the molecule is CCN(CC)CCC(NN)C1CCOCC1. The van der Waals surface area contributed by atoms with Gasteiger partial charge in [0.2, 0.25) is 0 Å². The molecule has 0 aliphatic carbocycles. The molecule has 1 fully saturated rings. The Labute approximate surface area is 99.5 Å². The highest BCUT2D eigenvalue weighted by atomic mass is 16.5. The summed E-state index contributed by atoms with van der Waals surface area (Å²) in [6.07, 6.45) is 3.43. The van der Waals surface area contributed by atoms with E-state index in [1.807, 2.05) is 0 Å². The first-order valence-corrected chi connectivity index (χ1v) is 6.58. The molecule has 1 saturated heterocycles. The van der Waals surface area contributed by atoms with Crippen molar-refractivity contribution < 1.29 is 4.74 Å². The lowest BCUT2D eigenvalue weighted by molar-refractivity contribution is 0.0511. The van der Waals surface area contributed by atoms with Crippen LogP contribution in [0.1, 0.15) is 33.1 Å². The summed E-state index contributed by atoms with van der Waals surface area (Å²) in [5.41, 5.74) is 2.99. The molecule has 1 unspecified atom stereocenters. The Morgan fingerprint density at radius 3 is 2.44 bits per heavy atom. The number of hydrogen-bond donors (Lipinski definition) is 2. The summed E-state index contributed by atoms with van der Waals surface area (Å²) in [4.78, 5) is 2.45. The third-order valence-electron chi connectivity index (χ3n) is 3.70. The van der Waals surface area contributed by atoms with Crippen LogP contribution in [-0.2, 0) is 4.74 Å². The van der Waals surface area contributed by atoms with Crippen molar-refractivity contribution in [2.45, 2.75) is 39.2 Å². The van der Waals surface area contributed by atoms with Crippen LogP contribution in [0, 0.1) is 5.92 Å². The molecule has 3 N–H and O–H groups in total. The second kappa shape index (κ2) is 8.01. The molecule has 0 bridgehead atoms. The van der Waals surface area contributed by atoms with E-state index < -0.39 is 0 Å². The molecule has 0 aromatic rings. The summed E-state index contributed by atoms with van der Waals surface area (Å²) in [6.45, 7) is 9.61. The van der Waals surface area contributed by atoms with E-state index in [0.29, 0.717) is 12.0 Å².